The number of aryl methyl sites for hydroxylation is 1. The van der Waals surface area contributed by atoms with Gasteiger partial charge in [-0.2, -0.15) is 0 Å². The molecule has 0 aromatic heterocycles. The van der Waals surface area contributed by atoms with Gasteiger partial charge in [-0.25, -0.2) is 4.39 Å². The molecular weight excluding hydrogens is 215 g/mol. The molecule has 0 amide bonds. The van der Waals surface area contributed by atoms with Crippen molar-refractivity contribution in [2.75, 3.05) is 0 Å². The summed E-state index contributed by atoms with van der Waals surface area (Å²) in [4.78, 5) is 0. The number of hydrogen-bond acceptors (Lipinski definition) is 1. The lowest BCUT2D eigenvalue weighted by Crippen LogP contribution is -2.22. The van der Waals surface area contributed by atoms with Gasteiger partial charge in [-0.3, -0.25) is 0 Å². The van der Waals surface area contributed by atoms with Gasteiger partial charge >= 0.3 is 0 Å². The van der Waals surface area contributed by atoms with Crippen LogP contribution < -0.4 is 0 Å². The Kier molecular flexibility index (Phi) is 2.73. The second kappa shape index (κ2) is 3.76. The van der Waals surface area contributed by atoms with Crippen molar-refractivity contribution in [3.63, 3.8) is 0 Å². The van der Waals surface area contributed by atoms with Crippen LogP contribution in [0.2, 0.25) is 5.02 Å². The molecule has 1 N–H and O–H groups in total. The normalized spacial score (nSPS) is 19.5. The van der Waals surface area contributed by atoms with Crippen LogP contribution >= 0.6 is 11.6 Å². The first-order valence-corrected chi connectivity index (χ1v) is 5.59. The van der Waals surface area contributed by atoms with Gasteiger partial charge < -0.3 is 5.11 Å². The zero-order valence-electron chi connectivity index (χ0n) is 8.69. The van der Waals surface area contributed by atoms with Gasteiger partial charge in [0.2, 0.25) is 0 Å². The molecule has 2 rings (SSSR count). The van der Waals surface area contributed by atoms with Crippen molar-refractivity contribution in [2.45, 2.75) is 38.2 Å². The monoisotopic (exact) mass is 228 g/mol. The maximum absolute atomic E-state index is 13.7. The molecule has 0 unspecified atom stereocenters. The minimum Gasteiger partial charge on any atom is -0.385 e. The summed E-state index contributed by atoms with van der Waals surface area (Å²) in [6.45, 7) is 1.82. The van der Waals surface area contributed by atoms with E-state index in [2.05, 4.69) is 0 Å². The summed E-state index contributed by atoms with van der Waals surface area (Å²) in [7, 11) is 0. The van der Waals surface area contributed by atoms with Crippen molar-refractivity contribution < 1.29 is 9.50 Å². The predicted octanol–water partition coefficient (Wildman–Crippen LogP) is 3.55. The average molecular weight is 229 g/mol. The SMILES string of the molecule is Cc1cc(C2(O)CCCC2)c(F)cc1Cl. The van der Waals surface area contributed by atoms with Crippen LogP contribution in [0.1, 0.15) is 36.8 Å². The van der Waals surface area contributed by atoms with Crippen molar-refractivity contribution >= 4 is 11.6 Å². The van der Waals surface area contributed by atoms with E-state index < -0.39 is 11.4 Å². The summed E-state index contributed by atoms with van der Waals surface area (Å²) >= 11 is 5.82. The number of hydrogen-bond donors (Lipinski definition) is 1. The fourth-order valence-electron chi connectivity index (χ4n) is 2.24. The average Bonchev–Trinajstić information content (AvgIpc) is 2.60. The molecule has 0 atom stereocenters. The standard InChI is InChI=1S/C12H14ClFO/c1-8-6-9(11(14)7-10(8)13)12(15)4-2-3-5-12/h6-7,15H,2-5H2,1H3. The maximum Gasteiger partial charge on any atom is 0.130 e. The Morgan fingerprint density at radius 2 is 1.93 bits per heavy atom. The predicted molar refractivity (Wildman–Crippen MR) is 58.5 cm³/mol. The first-order chi connectivity index (χ1) is 7.03. The fraction of sp³-hybridized carbons (Fsp3) is 0.500. The molecule has 82 valence electrons. The molecule has 15 heavy (non-hydrogen) atoms. The minimum absolute atomic E-state index is 0.394. The Morgan fingerprint density at radius 3 is 2.53 bits per heavy atom. The number of halogens is 2. The zero-order chi connectivity index (χ0) is 11.1. The molecule has 0 spiro atoms. The molecule has 1 fully saturated rings. The van der Waals surface area contributed by atoms with E-state index in [-0.39, 0.29) is 0 Å². The lowest BCUT2D eigenvalue weighted by atomic mass is 9.91. The van der Waals surface area contributed by atoms with Gasteiger partial charge in [0.25, 0.3) is 0 Å². The van der Waals surface area contributed by atoms with Crippen LogP contribution in [-0.2, 0) is 5.60 Å². The highest BCUT2D eigenvalue weighted by Crippen LogP contribution is 2.40. The highest BCUT2D eigenvalue weighted by Gasteiger charge is 2.35. The molecule has 1 aliphatic rings. The second-order valence-electron chi connectivity index (χ2n) is 4.32. The summed E-state index contributed by atoms with van der Waals surface area (Å²) in [5.74, 6) is -0.394. The van der Waals surface area contributed by atoms with Gasteiger partial charge in [0.05, 0.1) is 5.60 Å². The summed E-state index contributed by atoms with van der Waals surface area (Å²) in [5.41, 5.74) is 0.245. The molecule has 1 nitrogen and oxygen atoms in total. The summed E-state index contributed by atoms with van der Waals surface area (Å²) in [6.07, 6.45) is 3.20. The van der Waals surface area contributed by atoms with Crippen LogP contribution in [0, 0.1) is 12.7 Å². The largest absolute Gasteiger partial charge is 0.385 e. The molecule has 1 aliphatic carbocycles. The highest BCUT2D eigenvalue weighted by molar-refractivity contribution is 6.31. The highest BCUT2D eigenvalue weighted by atomic mass is 35.5. The summed E-state index contributed by atoms with van der Waals surface area (Å²) < 4.78 is 13.7. The lowest BCUT2D eigenvalue weighted by Gasteiger charge is -2.23. The van der Waals surface area contributed by atoms with E-state index in [1.54, 1.807) is 6.07 Å². The van der Waals surface area contributed by atoms with Gasteiger partial charge in [-0.1, -0.05) is 24.4 Å². The van der Waals surface area contributed by atoms with Crippen molar-refractivity contribution in [3.8, 4) is 0 Å². The van der Waals surface area contributed by atoms with Crippen molar-refractivity contribution in [2.24, 2.45) is 0 Å². The van der Waals surface area contributed by atoms with Crippen LogP contribution in [-0.4, -0.2) is 5.11 Å². The van der Waals surface area contributed by atoms with Crippen LogP contribution in [0.25, 0.3) is 0 Å². The van der Waals surface area contributed by atoms with Crippen LogP contribution in [0.5, 0.6) is 0 Å². The number of rotatable bonds is 1. The number of aliphatic hydroxyl groups is 1. The Hall–Kier alpha value is -0.600. The van der Waals surface area contributed by atoms with E-state index in [1.165, 1.54) is 6.07 Å². The molecule has 1 aromatic carbocycles. The molecule has 1 aromatic rings. The Bertz CT molecular complexity index is 383. The van der Waals surface area contributed by atoms with E-state index in [0.717, 1.165) is 18.4 Å². The van der Waals surface area contributed by atoms with Gasteiger partial charge in [-0.05, 0) is 37.5 Å². The van der Waals surface area contributed by atoms with Crippen LogP contribution in [0.3, 0.4) is 0 Å². The topological polar surface area (TPSA) is 20.2 Å². The number of benzene rings is 1. The smallest absolute Gasteiger partial charge is 0.130 e. The fourth-order valence-corrected chi connectivity index (χ4v) is 2.39. The summed E-state index contributed by atoms with van der Waals surface area (Å²) in [5, 5.41) is 10.7. The Morgan fingerprint density at radius 1 is 1.33 bits per heavy atom. The zero-order valence-corrected chi connectivity index (χ0v) is 9.44. The van der Waals surface area contributed by atoms with E-state index in [4.69, 9.17) is 11.6 Å². The van der Waals surface area contributed by atoms with Gasteiger partial charge in [-0.15, -0.1) is 0 Å². The lowest BCUT2D eigenvalue weighted by molar-refractivity contribution is 0.0407. The van der Waals surface area contributed by atoms with Crippen molar-refractivity contribution in [3.05, 3.63) is 34.1 Å². The first-order valence-electron chi connectivity index (χ1n) is 5.21. The van der Waals surface area contributed by atoms with Crippen molar-refractivity contribution in [1.29, 1.82) is 0 Å². The third kappa shape index (κ3) is 1.88. The molecule has 0 heterocycles. The Balaban J connectivity index is 2.48. The molecule has 0 bridgehead atoms. The van der Waals surface area contributed by atoms with Gasteiger partial charge in [0.15, 0.2) is 0 Å². The molecular formula is C12H14ClFO. The molecule has 0 saturated heterocycles. The van der Waals surface area contributed by atoms with E-state index in [0.29, 0.717) is 23.4 Å². The maximum atomic E-state index is 13.7. The van der Waals surface area contributed by atoms with Crippen LogP contribution in [0.15, 0.2) is 12.1 Å². The summed E-state index contributed by atoms with van der Waals surface area (Å²) in [6, 6.07) is 2.96. The second-order valence-corrected chi connectivity index (χ2v) is 4.73. The third-order valence-corrected chi connectivity index (χ3v) is 3.59. The van der Waals surface area contributed by atoms with Crippen LogP contribution in [0.4, 0.5) is 4.39 Å². The van der Waals surface area contributed by atoms with E-state index in [1.807, 2.05) is 6.92 Å². The van der Waals surface area contributed by atoms with E-state index in [9.17, 15) is 9.50 Å². The third-order valence-electron chi connectivity index (χ3n) is 3.18. The van der Waals surface area contributed by atoms with E-state index >= 15 is 0 Å². The van der Waals surface area contributed by atoms with Gasteiger partial charge in [0, 0.05) is 10.6 Å². The molecule has 0 radical (unpaired) electrons. The van der Waals surface area contributed by atoms with Crippen molar-refractivity contribution in [1.82, 2.24) is 0 Å². The molecule has 0 aliphatic heterocycles. The Labute approximate surface area is 93.9 Å². The molecule has 3 heteroatoms. The molecule has 1 saturated carbocycles. The first kappa shape index (κ1) is 10.9. The quantitative estimate of drug-likeness (QED) is 0.780. The minimum atomic E-state index is -0.973. The van der Waals surface area contributed by atoms with Gasteiger partial charge in [0.1, 0.15) is 5.82 Å².